The van der Waals surface area contributed by atoms with Crippen molar-refractivity contribution in [2.24, 2.45) is 0 Å². The van der Waals surface area contributed by atoms with Crippen LogP contribution in [0.4, 0.5) is 0 Å². The quantitative estimate of drug-likeness (QED) is 0.919. The Bertz CT molecular complexity index is 605. The normalized spacial score (nSPS) is 12.2. The summed E-state index contributed by atoms with van der Waals surface area (Å²) in [6, 6.07) is 9.87. The molecule has 2 rings (SSSR count). The lowest BCUT2D eigenvalue weighted by Gasteiger charge is -2.15. The van der Waals surface area contributed by atoms with Crippen LogP contribution in [0.5, 0.6) is 5.88 Å². The number of nitrogens with one attached hydrogen (secondary N) is 1. The molecule has 1 N–H and O–H groups in total. The molecule has 1 heterocycles. The maximum atomic E-state index is 11.9. The van der Waals surface area contributed by atoms with Crippen LogP contribution in [-0.2, 0) is 4.79 Å². The number of para-hydroxylation sites is 1. The molecule has 0 saturated heterocycles. The lowest BCUT2D eigenvalue weighted by atomic mass is 10.3. The Hall–Kier alpha value is -2.30. The fourth-order valence-corrected chi connectivity index (χ4v) is 1.90. The van der Waals surface area contributed by atoms with Crippen LogP contribution >= 0.6 is 0 Å². The fourth-order valence-electron chi connectivity index (χ4n) is 1.90. The number of ether oxygens (including phenoxy) is 1. The van der Waals surface area contributed by atoms with Gasteiger partial charge < -0.3 is 10.1 Å². The Morgan fingerprint density at radius 3 is 2.52 bits per heavy atom. The first-order valence-electron chi connectivity index (χ1n) is 7.06. The molecule has 0 spiro atoms. The number of amides is 1. The molecule has 5 nitrogen and oxygen atoms in total. The van der Waals surface area contributed by atoms with Crippen molar-refractivity contribution in [3.05, 3.63) is 42.1 Å². The Morgan fingerprint density at radius 2 is 1.90 bits per heavy atom. The van der Waals surface area contributed by atoms with Crippen LogP contribution in [0.3, 0.4) is 0 Å². The molecule has 1 amide bonds. The van der Waals surface area contributed by atoms with E-state index in [4.69, 9.17) is 4.74 Å². The van der Waals surface area contributed by atoms with Crippen LogP contribution in [0.15, 0.2) is 36.5 Å². The van der Waals surface area contributed by atoms with Gasteiger partial charge in [-0.3, -0.25) is 4.79 Å². The highest BCUT2D eigenvalue weighted by atomic mass is 16.5. The largest absolute Gasteiger partial charge is 0.463 e. The molecular weight excluding hydrogens is 266 g/mol. The van der Waals surface area contributed by atoms with Crippen molar-refractivity contribution < 1.29 is 9.53 Å². The van der Waals surface area contributed by atoms with Gasteiger partial charge in [0.15, 0.2) is 6.10 Å². The van der Waals surface area contributed by atoms with E-state index in [1.54, 1.807) is 11.6 Å². The number of aryl methyl sites for hydroxylation is 1. The molecular formula is C16H21N3O2. The van der Waals surface area contributed by atoms with Gasteiger partial charge in [-0.25, -0.2) is 4.68 Å². The molecule has 0 radical (unpaired) electrons. The molecule has 1 aromatic heterocycles. The van der Waals surface area contributed by atoms with E-state index in [-0.39, 0.29) is 11.9 Å². The minimum absolute atomic E-state index is 0.0894. The summed E-state index contributed by atoms with van der Waals surface area (Å²) in [5.74, 6) is 0.337. The molecule has 5 heteroatoms. The Balaban J connectivity index is 2.11. The SMILES string of the molecule is Cc1cn(-c2ccccc2)nc1O[C@H](C)C(=O)NC(C)C. The van der Waals surface area contributed by atoms with Crippen molar-refractivity contribution in [2.75, 3.05) is 0 Å². The first-order valence-corrected chi connectivity index (χ1v) is 7.06. The third kappa shape index (κ3) is 3.84. The van der Waals surface area contributed by atoms with E-state index in [0.717, 1.165) is 11.3 Å². The molecule has 1 aromatic carbocycles. The van der Waals surface area contributed by atoms with Crippen molar-refractivity contribution >= 4 is 5.91 Å². The highest BCUT2D eigenvalue weighted by Crippen LogP contribution is 2.19. The number of carbonyl (C=O) groups excluding carboxylic acids is 1. The van der Waals surface area contributed by atoms with Crippen LogP contribution in [0, 0.1) is 6.92 Å². The summed E-state index contributed by atoms with van der Waals surface area (Å²) in [4.78, 5) is 11.9. The summed E-state index contributed by atoms with van der Waals surface area (Å²) in [7, 11) is 0. The second kappa shape index (κ2) is 6.43. The van der Waals surface area contributed by atoms with Crippen molar-refractivity contribution in [3.63, 3.8) is 0 Å². The highest BCUT2D eigenvalue weighted by molar-refractivity contribution is 5.80. The Kier molecular flexibility index (Phi) is 4.62. The van der Waals surface area contributed by atoms with Gasteiger partial charge in [-0.05, 0) is 39.8 Å². The molecule has 1 atom stereocenters. The van der Waals surface area contributed by atoms with Crippen molar-refractivity contribution in [2.45, 2.75) is 39.8 Å². The summed E-state index contributed by atoms with van der Waals surface area (Å²) in [5, 5.41) is 7.22. The number of rotatable bonds is 5. The third-order valence-electron chi connectivity index (χ3n) is 2.96. The summed E-state index contributed by atoms with van der Waals surface area (Å²) in [6.07, 6.45) is 1.31. The van der Waals surface area contributed by atoms with Gasteiger partial charge in [0, 0.05) is 17.8 Å². The van der Waals surface area contributed by atoms with Gasteiger partial charge in [0.05, 0.1) is 5.69 Å². The topological polar surface area (TPSA) is 56.2 Å². The summed E-state index contributed by atoms with van der Waals surface area (Å²) >= 11 is 0. The molecule has 2 aromatic rings. The van der Waals surface area contributed by atoms with Crippen LogP contribution in [-0.4, -0.2) is 27.8 Å². The Labute approximate surface area is 124 Å². The monoisotopic (exact) mass is 287 g/mol. The zero-order valence-electron chi connectivity index (χ0n) is 12.8. The summed E-state index contributed by atoms with van der Waals surface area (Å²) in [6.45, 7) is 7.47. The number of carbonyl (C=O) groups is 1. The zero-order chi connectivity index (χ0) is 15.4. The standard InChI is InChI=1S/C16H21N3O2/c1-11(2)17-15(20)13(4)21-16-12(3)10-19(18-16)14-8-6-5-7-9-14/h5-11,13H,1-4H3,(H,17,20)/t13-/m1/s1. The van der Waals surface area contributed by atoms with Crippen LogP contribution in [0.25, 0.3) is 5.69 Å². The van der Waals surface area contributed by atoms with Gasteiger partial charge in [-0.15, -0.1) is 5.10 Å². The maximum absolute atomic E-state index is 11.9. The lowest BCUT2D eigenvalue weighted by Crippen LogP contribution is -2.40. The number of hydrogen-bond acceptors (Lipinski definition) is 3. The van der Waals surface area contributed by atoms with Crippen LogP contribution < -0.4 is 10.1 Å². The maximum Gasteiger partial charge on any atom is 0.261 e. The number of benzene rings is 1. The van der Waals surface area contributed by atoms with E-state index in [9.17, 15) is 4.79 Å². The van der Waals surface area contributed by atoms with E-state index in [2.05, 4.69) is 10.4 Å². The molecule has 0 fully saturated rings. The highest BCUT2D eigenvalue weighted by Gasteiger charge is 2.18. The van der Waals surface area contributed by atoms with Crippen LogP contribution in [0.1, 0.15) is 26.3 Å². The minimum atomic E-state index is -0.578. The third-order valence-corrected chi connectivity index (χ3v) is 2.96. The molecule has 0 aliphatic heterocycles. The van der Waals surface area contributed by atoms with Crippen molar-refractivity contribution in [1.82, 2.24) is 15.1 Å². The smallest absolute Gasteiger partial charge is 0.261 e. The second-order valence-electron chi connectivity index (χ2n) is 5.32. The van der Waals surface area contributed by atoms with Gasteiger partial charge in [-0.1, -0.05) is 18.2 Å². The average molecular weight is 287 g/mol. The zero-order valence-corrected chi connectivity index (χ0v) is 12.8. The number of nitrogens with zero attached hydrogens (tertiary/aromatic N) is 2. The number of aromatic nitrogens is 2. The van der Waals surface area contributed by atoms with Gasteiger partial charge in [-0.2, -0.15) is 0 Å². The molecule has 21 heavy (non-hydrogen) atoms. The van der Waals surface area contributed by atoms with E-state index in [1.807, 2.05) is 57.3 Å². The van der Waals surface area contributed by atoms with E-state index in [1.165, 1.54) is 0 Å². The predicted molar refractivity (Wildman–Crippen MR) is 81.7 cm³/mol. The summed E-state index contributed by atoms with van der Waals surface area (Å²) in [5.41, 5.74) is 1.85. The predicted octanol–water partition coefficient (Wildman–Crippen LogP) is 2.47. The second-order valence-corrected chi connectivity index (χ2v) is 5.32. The molecule has 0 aliphatic carbocycles. The van der Waals surface area contributed by atoms with Crippen molar-refractivity contribution in [1.29, 1.82) is 0 Å². The lowest BCUT2D eigenvalue weighted by molar-refractivity contribution is -0.127. The molecule has 0 saturated carbocycles. The first-order chi connectivity index (χ1) is 9.97. The van der Waals surface area contributed by atoms with Crippen LogP contribution in [0.2, 0.25) is 0 Å². The average Bonchev–Trinajstić information content (AvgIpc) is 2.80. The molecule has 0 aliphatic rings. The van der Waals surface area contributed by atoms with E-state index in [0.29, 0.717) is 5.88 Å². The fraction of sp³-hybridized carbons (Fsp3) is 0.375. The molecule has 0 unspecified atom stereocenters. The Morgan fingerprint density at radius 1 is 1.24 bits per heavy atom. The van der Waals surface area contributed by atoms with Gasteiger partial charge in [0.2, 0.25) is 5.88 Å². The molecule has 0 bridgehead atoms. The molecule has 112 valence electrons. The summed E-state index contributed by atoms with van der Waals surface area (Å²) < 4.78 is 7.41. The first kappa shape index (κ1) is 15.1. The van der Waals surface area contributed by atoms with Gasteiger partial charge in [0.25, 0.3) is 5.91 Å². The number of hydrogen-bond donors (Lipinski definition) is 1. The van der Waals surface area contributed by atoms with E-state index >= 15 is 0 Å². The van der Waals surface area contributed by atoms with Gasteiger partial charge in [0.1, 0.15) is 0 Å². The van der Waals surface area contributed by atoms with E-state index < -0.39 is 6.10 Å². The van der Waals surface area contributed by atoms with Gasteiger partial charge >= 0.3 is 0 Å². The van der Waals surface area contributed by atoms with Crippen molar-refractivity contribution in [3.8, 4) is 11.6 Å². The minimum Gasteiger partial charge on any atom is -0.463 e.